The van der Waals surface area contributed by atoms with Crippen LogP contribution in [0.15, 0.2) is 57.5 Å². The van der Waals surface area contributed by atoms with Crippen molar-refractivity contribution in [2.24, 2.45) is 10.7 Å². The molecule has 1 aromatic heterocycles. The third-order valence-electron chi connectivity index (χ3n) is 4.61. The van der Waals surface area contributed by atoms with E-state index in [4.69, 9.17) is 5.73 Å². The van der Waals surface area contributed by atoms with Crippen LogP contribution in [0.4, 0.5) is 4.39 Å². The normalized spacial score (nSPS) is 24.1. The molecule has 8 heteroatoms. The van der Waals surface area contributed by atoms with Crippen molar-refractivity contribution in [2.45, 2.75) is 41.0 Å². The van der Waals surface area contributed by atoms with Gasteiger partial charge >= 0.3 is 0 Å². The minimum Gasteiger partial charge on any atom is -0.386 e. The van der Waals surface area contributed by atoms with Crippen molar-refractivity contribution < 1.29 is 12.8 Å². The van der Waals surface area contributed by atoms with E-state index in [-0.39, 0.29) is 17.2 Å². The molecule has 0 bridgehead atoms. The second kappa shape index (κ2) is 6.35. The molecule has 1 atom stereocenters. The zero-order valence-corrected chi connectivity index (χ0v) is 16.4. The van der Waals surface area contributed by atoms with Gasteiger partial charge in [-0.15, -0.1) is 0 Å². The van der Waals surface area contributed by atoms with Gasteiger partial charge in [0.25, 0.3) is 0 Å². The van der Waals surface area contributed by atoms with Crippen molar-refractivity contribution in [2.75, 3.05) is 5.75 Å². The lowest BCUT2D eigenvalue weighted by Crippen LogP contribution is -2.54. The van der Waals surface area contributed by atoms with Gasteiger partial charge < -0.3 is 5.73 Å². The number of hydrogen-bond acceptors (Lipinski definition) is 6. The van der Waals surface area contributed by atoms with Crippen LogP contribution in [0.25, 0.3) is 0 Å². The van der Waals surface area contributed by atoms with E-state index < -0.39 is 25.9 Å². The maximum Gasteiger partial charge on any atom is 0.165 e. The van der Waals surface area contributed by atoms with Crippen LogP contribution in [-0.2, 0) is 15.4 Å². The van der Waals surface area contributed by atoms with E-state index in [1.807, 2.05) is 18.2 Å². The fourth-order valence-corrected chi connectivity index (χ4v) is 5.29. The van der Waals surface area contributed by atoms with Crippen LogP contribution < -0.4 is 5.73 Å². The zero-order valence-electron chi connectivity index (χ0n) is 14.7. The molecule has 2 aromatic rings. The highest BCUT2D eigenvalue weighted by Gasteiger charge is 2.49. The number of aliphatic imine (C=N–C) groups is 1. The van der Waals surface area contributed by atoms with E-state index in [0.717, 1.165) is 9.92 Å². The van der Waals surface area contributed by atoms with Crippen LogP contribution in [0.5, 0.6) is 0 Å². The molecule has 1 unspecified atom stereocenters. The molecule has 26 heavy (non-hydrogen) atoms. The molecule has 1 aliphatic heterocycles. The first-order chi connectivity index (χ1) is 12.1. The van der Waals surface area contributed by atoms with Crippen LogP contribution in [-0.4, -0.2) is 29.7 Å². The van der Waals surface area contributed by atoms with Crippen LogP contribution in [0.1, 0.15) is 26.3 Å². The molecule has 2 heterocycles. The van der Waals surface area contributed by atoms with Crippen molar-refractivity contribution in [3.63, 3.8) is 0 Å². The van der Waals surface area contributed by atoms with Gasteiger partial charge in [-0.25, -0.2) is 17.8 Å². The standard InChI is InChI=1S/C18H20FN3O2S2/c1-17(2)16(20)22-18(3,11-26(17,23)24)13-10-12(7-8-14(13)19)25-15-6-4-5-9-21-15/h4-10H,11H2,1-3H3,(H2,20,22). The Morgan fingerprint density at radius 3 is 2.54 bits per heavy atom. The fourth-order valence-electron chi connectivity index (χ4n) is 2.79. The highest BCUT2D eigenvalue weighted by Crippen LogP contribution is 2.39. The summed E-state index contributed by atoms with van der Waals surface area (Å²) in [4.78, 5) is 9.38. The molecular weight excluding hydrogens is 373 g/mol. The Morgan fingerprint density at radius 2 is 1.92 bits per heavy atom. The summed E-state index contributed by atoms with van der Waals surface area (Å²) < 4.78 is 38.7. The van der Waals surface area contributed by atoms with Crippen molar-refractivity contribution in [1.29, 1.82) is 0 Å². The summed E-state index contributed by atoms with van der Waals surface area (Å²) in [6, 6.07) is 10.1. The van der Waals surface area contributed by atoms with Gasteiger partial charge in [-0.05, 0) is 51.1 Å². The van der Waals surface area contributed by atoms with Gasteiger partial charge in [0.05, 0.1) is 5.75 Å². The molecule has 3 rings (SSSR count). The Labute approximate surface area is 156 Å². The number of nitrogens with zero attached hydrogens (tertiary/aromatic N) is 2. The summed E-state index contributed by atoms with van der Waals surface area (Å²) in [5.41, 5.74) is 4.88. The van der Waals surface area contributed by atoms with Crippen LogP contribution in [0.3, 0.4) is 0 Å². The Morgan fingerprint density at radius 1 is 1.19 bits per heavy atom. The van der Waals surface area contributed by atoms with E-state index in [1.165, 1.54) is 31.7 Å². The van der Waals surface area contributed by atoms with Gasteiger partial charge in [-0.3, -0.25) is 4.99 Å². The minimum absolute atomic E-state index is 0.00608. The third kappa shape index (κ3) is 3.23. The van der Waals surface area contributed by atoms with Crippen LogP contribution >= 0.6 is 11.8 Å². The molecule has 0 amide bonds. The fraction of sp³-hybridized carbons (Fsp3) is 0.333. The molecule has 5 nitrogen and oxygen atoms in total. The summed E-state index contributed by atoms with van der Waals surface area (Å²) in [5, 5.41) is 0.760. The highest BCUT2D eigenvalue weighted by molar-refractivity contribution is 7.99. The molecule has 0 radical (unpaired) electrons. The quantitative estimate of drug-likeness (QED) is 0.866. The molecule has 2 N–H and O–H groups in total. The van der Waals surface area contributed by atoms with E-state index in [1.54, 1.807) is 25.3 Å². The predicted octanol–water partition coefficient (Wildman–Crippen LogP) is 3.15. The lowest BCUT2D eigenvalue weighted by atomic mass is 9.93. The minimum atomic E-state index is -3.60. The summed E-state index contributed by atoms with van der Waals surface area (Å²) in [6.07, 6.45) is 1.68. The van der Waals surface area contributed by atoms with Gasteiger partial charge in [0.1, 0.15) is 27.0 Å². The average Bonchev–Trinajstić information content (AvgIpc) is 2.55. The average molecular weight is 394 g/mol. The van der Waals surface area contributed by atoms with E-state index in [0.29, 0.717) is 0 Å². The summed E-state index contributed by atoms with van der Waals surface area (Å²) in [5.74, 6) is -0.819. The molecule has 0 saturated carbocycles. The first-order valence-corrected chi connectivity index (χ1v) is 10.5. The van der Waals surface area contributed by atoms with E-state index in [2.05, 4.69) is 9.98 Å². The smallest absolute Gasteiger partial charge is 0.165 e. The second-order valence-electron chi connectivity index (χ2n) is 6.95. The molecule has 138 valence electrons. The van der Waals surface area contributed by atoms with Crippen molar-refractivity contribution in [3.8, 4) is 0 Å². The first kappa shape index (κ1) is 18.8. The molecule has 0 aliphatic carbocycles. The van der Waals surface area contributed by atoms with Crippen molar-refractivity contribution in [3.05, 3.63) is 54.0 Å². The number of nitrogens with two attached hydrogens (primary N) is 1. The number of hydrogen-bond donors (Lipinski definition) is 1. The number of halogens is 1. The molecule has 1 aliphatic rings. The number of sulfone groups is 1. The van der Waals surface area contributed by atoms with Crippen molar-refractivity contribution >= 4 is 27.4 Å². The van der Waals surface area contributed by atoms with Crippen LogP contribution in [0, 0.1) is 5.82 Å². The van der Waals surface area contributed by atoms with Crippen molar-refractivity contribution in [1.82, 2.24) is 4.98 Å². The zero-order chi connectivity index (χ0) is 19.2. The molecule has 1 aromatic carbocycles. The second-order valence-corrected chi connectivity index (χ2v) is 10.6. The number of amidine groups is 1. The Bertz CT molecular complexity index is 975. The number of rotatable bonds is 3. The lowest BCUT2D eigenvalue weighted by molar-refractivity contribution is 0.474. The third-order valence-corrected chi connectivity index (χ3v) is 8.26. The Hall–Kier alpha value is -1.93. The first-order valence-electron chi connectivity index (χ1n) is 8.02. The number of benzene rings is 1. The molecule has 0 spiro atoms. The topological polar surface area (TPSA) is 85.4 Å². The number of pyridine rings is 1. The lowest BCUT2D eigenvalue weighted by Gasteiger charge is -2.38. The van der Waals surface area contributed by atoms with Crippen LogP contribution in [0.2, 0.25) is 0 Å². The van der Waals surface area contributed by atoms with Gasteiger partial charge in [0.2, 0.25) is 0 Å². The number of aromatic nitrogens is 1. The van der Waals surface area contributed by atoms with Gasteiger partial charge in [-0.2, -0.15) is 0 Å². The SMILES string of the molecule is CC1(c2cc(Sc3ccccn3)ccc2F)CS(=O)(=O)C(C)(C)C(N)=N1. The maximum atomic E-state index is 14.6. The molecular formula is C18H20FN3O2S2. The molecule has 0 saturated heterocycles. The summed E-state index contributed by atoms with van der Waals surface area (Å²) in [7, 11) is -3.60. The Balaban J connectivity index is 2.06. The monoisotopic (exact) mass is 393 g/mol. The van der Waals surface area contributed by atoms with E-state index in [9.17, 15) is 12.8 Å². The molecule has 0 fully saturated rings. The Kier molecular flexibility index (Phi) is 4.60. The van der Waals surface area contributed by atoms with Gasteiger partial charge in [-0.1, -0.05) is 17.8 Å². The predicted molar refractivity (Wildman–Crippen MR) is 102 cm³/mol. The highest BCUT2D eigenvalue weighted by atomic mass is 32.2. The summed E-state index contributed by atoms with van der Waals surface area (Å²) in [6.45, 7) is 4.63. The maximum absolute atomic E-state index is 14.6. The van der Waals surface area contributed by atoms with Gasteiger partial charge in [0, 0.05) is 16.7 Å². The summed E-state index contributed by atoms with van der Waals surface area (Å²) >= 11 is 1.37. The van der Waals surface area contributed by atoms with E-state index >= 15 is 0 Å². The largest absolute Gasteiger partial charge is 0.386 e. The van der Waals surface area contributed by atoms with Gasteiger partial charge in [0.15, 0.2) is 9.84 Å².